The number of rotatable bonds is 2. The lowest BCUT2D eigenvalue weighted by atomic mass is 9.90. The number of esters is 1. The van der Waals surface area contributed by atoms with Crippen LogP contribution in [-0.4, -0.2) is 20.9 Å². The van der Waals surface area contributed by atoms with Crippen molar-refractivity contribution in [1.29, 1.82) is 0 Å². The molecule has 0 saturated heterocycles. The number of carbonyl (C=O) groups excluding carboxylic acids is 1. The molecule has 13 heavy (non-hydrogen) atoms. The van der Waals surface area contributed by atoms with Gasteiger partial charge in [0.05, 0.1) is 12.7 Å². The van der Waals surface area contributed by atoms with Crippen molar-refractivity contribution in [2.45, 2.75) is 5.33 Å². The number of benzene rings is 1. The Balaban J connectivity index is 3.02. The summed E-state index contributed by atoms with van der Waals surface area (Å²) in [5.74, 6) is -0.368. The van der Waals surface area contributed by atoms with Crippen molar-refractivity contribution in [2.24, 2.45) is 0 Å². The van der Waals surface area contributed by atoms with Crippen molar-refractivity contribution < 1.29 is 9.53 Å². The predicted molar refractivity (Wildman–Crippen MR) is 55.8 cm³/mol. The molecule has 0 aromatic heterocycles. The Morgan fingerprint density at radius 3 is 2.77 bits per heavy atom. The van der Waals surface area contributed by atoms with E-state index in [0.29, 0.717) is 16.4 Å². The number of hydrogen-bond donors (Lipinski definition) is 0. The lowest BCUT2D eigenvalue weighted by molar-refractivity contribution is 0.0601. The average Bonchev–Trinajstić information content (AvgIpc) is 2.16. The topological polar surface area (TPSA) is 26.3 Å². The predicted octanol–water partition coefficient (Wildman–Crippen LogP) is 1.16. The van der Waals surface area contributed by atoms with Crippen LogP contribution < -0.4 is 5.46 Å². The minimum absolute atomic E-state index is 0.368. The first-order valence-electron chi connectivity index (χ1n) is 3.71. The third kappa shape index (κ3) is 2.34. The second-order valence-corrected chi connectivity index (χ2v) is 3.10. The van der Waals surface area contributed by atoms with Crippen LogP contribution in [0.15, 0.2) is 18.2 Å². The van der Waals surface area contributed by atoms with Gasteiger partial charge in [-0.25, -0.2) is 4.79 Å². The molecule has 2 radical (unpaired) electrons. The van der Waals surface area contributed by atoms with E-state index in [1.807, 2.05) is 0 Å². The average molecular weight is 239 g/mol. The lowest BCUT2D eigenvalue weighted by Crippen LogP contribution is -2.12. The highest BCUT2D eigenvalue weighted by molar-refractivity contribution is 9.08. The molecule has 0 fully saturated rings. The Morgan fingerprint density at radius 2 is 2.31 bits per heavy atom. The van der Waals surface area contributed by atoms with Crippen molar-refractivity contribution in [3.05, 3.63) is 29.3 Å². The van der Waals surface area contributed by atoms with E-state index in [1.165, 1.54) is 7.11 Å². The Morgan fingerprint density at radius 1 is 1.62 bits per heavy atom. The van der Waals surface area contributed by atoms with Crippen molar-refractivity contribution in [1.82, 2.24) is 0 Å². The summed E-state index contributed by atoms with van der Waals surface area (Å²) in [7, 11) is 7.03. The number of alkyl halides is 1. The van der Waals surface area contributed by atoms with Gasteiger partial charge in [0.1, 0.15) is 7.85 Å². The zero-order valence-electron chi connectivity index (χ0n) is 7.21. The maximum Gasteiger partial charge on any atom is 0.337 e. The van der Waals surface area contributed by atoms with Crippen LogP contribution in [0.3, 0.4) is 0 Å². The molecule has 0 heterocycles. The number of halogens is 1. The molecule has 0 bridgehead atoms. The Labute approximate surface area is 86.8 Å². The van der Waals surface area contributed by atoms with E-state index in [-0.39, 0.29) is 5.97 Å². The summed E-state index contributed by atoms with van der Waals surface area (Å²) in [5, 5.41) is 0.681. The van der Waals surface area contributed by atoms with E-state index in [4.69, 9.17) is 7.85 Å². The van der Waals surface area contributed by atoms with Gasteiger partial charge in [0.15, 0.2) is 0 Å². The van der Waals surface area contributed by atoms with Crippen molar-refractivity contribution in [3.8, 4) is 0 Å². The second-order valence-electron chi connectivity index (χ2n) is 2.54. The van der Waals surface area contributed by atoms with Crippen molar-refractivity contribution >= 4 is 35.2 Å². The first-order chi connectivity index (χ1) is 6.19. The van der Waals surface area contributed by atoms with Gasteiger partial charge in [-0.1, -0.05) is 33.5 Å². The molecule has 1 rings (SSSR count). The van der Waals surface area contributed by atoms with E-state index in [9.17, 15) is 4.79 Å². The van der Waals surface area contributed by atoms with Gasteiger partial charge in [0.2, 0.25) is 0 Å². The molecule has 0 spiro atoms. The molecule has 0 saturated carbocycles. The molecule has 0 unspecified atom stereocenters. The van der Waals surface area contributed by atoms with Crippen LogP contribution in [0.5, 0.6) is 0 Å². The van der Waals surface area contributed by atoms with Gasteiger partial charge < -0.3 is 4.74 Å². The van der Waals surface area contributed by atoms with Gasteiger partial charge in [-0.15, -0.1) is 0 Å². The third-order valence-corrected chi connectivity index (χ3v) is 2.32. The van der Waals surface area contributed by atoms with Crippen LogP contribution in [0.2, 0.25) is 0 Å². The zero-order valence-corrected chi connectivity index (χ0v) is 8.80. The SMILES string of the molecule is [B]c1cc(C(=O)OC)ccc1CBr. The fourth-order valence-corrected chi connectivity index (χ4v) is 1.47. The zero-order chi connectivity index (χ0) is 9.84. The lowest BCUT2D eigenvalue weighted by Gasteiger charge is -2.04. The molecule has 1 aromatic rings. The quantitative estimate of drug-likeness (QED) is 0.439. The molecular weight excluding hydrogens is 231 g/mol. The molecule has 2 nitrogen and oxygen atoms in total. The van der Waals surface area contributed by atoms with Crippen LogP contribution in [0.25, 0.3) is 0 Å². The van der Waals surface area contributed by atoms with Crippen LogP contribution in [0, 0.1) is 0 Å². The van der Waals surface area contributed by atoms with Crippen LogP contribution >= 0.6 is 15.9 Å². The maximum absolute atomic E-state index is 11.1. The number of carbonyl (C=O) groups is 1. The van der Waals surface area contributed by atoms with Crippen LogP contribution in [0.4, 0.5) is 0 Å². The minimum atomic E-state index is -0.368. The molecule has 0 aliphatic heterocycles. The van der Waals surface area contributed by atoms with E-state index in [1.54, 1.807) is 18.2 Å². The summed E-state index contributed by atoms with van der Waals surface area (Å²) in [6, 6.07) is 5.11. The van der Waals surface area contributed by atoms with Gasteiger partial charge in [-0.05, 0) is 11.6 Å². The number of hydrogen-bond acceptors (Lipinski definition) is 2. The van der Waals surface area contributed by atoms with Gasteiger partial charge in [-0.3, -0.25) is 0 Å². The summed E-state index contributed by atoms with van der Waals surface area (Å²) < 4.78 is 4.56. The fourth-order valence-electron chi connectivity index (χ4n) is 0.961. The van der Waals surface area contributed by atoms with Crippen LogP contribution in [0.1, 0.15) is 15.9 Å². The molecule has 0 aliphatic rings. The molecule has 4 heteroatoms. The molecule has 0 aliphatic carbocycles. The highest BCUT2D eigenvalue weighted by Gasteiger charge is 2.05. The third-order valence-electron chi connectivity index (χ3n) is 1.71. The Hall–Kier alpha value is -0.765. The van der Waals surface area contributed by atoms with E-state index < -0.39 is 0 Å². The molecule has 0 amide bonds. The van der Waals surface area contributed by atoms with E-state index in [0.717, 1.165) is 5.56 Å². The highest BCUT2D eigenvalue weighted by atomic mass is 79.9. The first kappa shape index (κ1) is 10.3. The smallest absolute Gasteiger partial charge is 0.337 e. The monoisotopic (exact) mass is 238 g/mol. The van der Waals surface area contributed by atoms with Crippen molar-refractivity contribution in [3.63, 3.8) is 0 Å². The molecule has 66 valence electrons. The summed E-state index contributed by atoms with van der Waals surface area (Å²) in [6.07, 6.45) is 0. The van der Waals surface area contributed by atoms with Gasteiger partial charge in [0.25, 0.3) is 0 Å². The normalized spacial score (nSPS) is 9.69. The minimum Gasteiger partial charge on any atom is -0.465 e. The molecule has 1 aromatic carbocycles. The van der Waals surface area contributed by atoms with Gasteiger partial charge >= 0.3 is 5.97 Å². The summed E-state index contributed by atoms with van der Waals surface area (Å²) in [4.78, 5) is 11.1. The van der Waals surface area contributed by atoms with Crippen LogP contribution in [-0.2, 0) is 10.1 Å². The first-order valence-corrected chi connectivity index (χ1v) is 4.84. The van der Waals surface area contributed by atoms with Gasteiger partial charge in [-0.2, -0.15) is 0 Å². The molecular formula is C9H8BBrO2. The van der Waals surface area contributed by atoms with E-state index >= 15 is 0 Å². The largest absolute Gasteiger partial charge is 0.465 e. The summed E-state index contributed by atoms with van der Waals surface area (Å²) in [5.41, 5.74) is 2.04. The fraction of sp³-hybridized carbons (Fsp3) is 0.222. The number of methoxy groups -OCH3 is 1. The molecule has 0 atom stereocenters. The van der Waals surface area contributed by atoms with Gasteiger partial charge in [0, 0.05) is 5.33 Å². The summed E-state index contributed by atoms with van der Waals surface area (Å²) >= 11 is 3.29. The Kier molecular flexibility index (Phi) is 3.54. The highest BCUT2D eigenvalue weighted by Crippen LogP contribution is 2.05. The van der Waals surface area contributed by atoms with Crippen molar-refractivity contribution in [2.75, 3.05) is 7.11 Å². The Bertz CT molecular complexity index is 325. The molecule has 0 N–H and O–H groups in total. The number of ether oxygens (including phenoxy) is 1. The summed E-state index contributed by atoms with van der Waals surface area (Å²) in [6.45, 7) is 0. The van der Waals surface area contributed by atoms with E-state index in [2.05, 4.69) is 20.7 Å². The maximum atomic E-state index is 11.1. The second kappa shape index (κ2) is 4.47. The standard InChI is InChI=1S/C9H8BBrO2/c1-13-9(12)6-2-3-7(5-11)8(10)4-6/h2-4H,5H2,1H3.